The molecule has 1 heterocycles. The summed E-state index contributed by atoms with van der Waals surface area (Å²) in [6, 6.07) is 10.2. The average Bonchev–Trinajstić information content (AvgIpc) is 3.19. The third kappa shape index (κ3) is 5.66. The van der Waals surface area contributed by atoms with Crippen LogP contribution in [0.2, 0.25) is 0 Å². The highest BCUT2D eigenvalue weighted by atomic mass is 32.2. The second-order valence-corrected chi connectivity index (χ2v) is 8.05. The molecule has 0 radical (unpaired) electrons. The Balaban J connectivity index is 1.89. The molecule has 1 aromatic heterocycles. The van der Waals surface area contributed by atoms with Crippen LogP contribution >= 0.6 is 0 Å². The Hall–Kier alpha value is -2.16. The Morgan fingerprint density at radius 3 is 2.37 bits per heavy atom. The topological polar surface area (TPSA) is 91.7 Å². The highest BCUT2D eigenvalue weighted by Crippen LogP contribution is 2.19. The van der Waals surface area contributed by atoms with E-state index in [1.54, 1.807) is 42.7 Å². The van der Waals surface area contributed by atoms with Gasteiger partial charge in [-0.2, -0.15) is 4.31 Å². The number of sulfonamides is 1. The first-order valence-corrected chi connectivity index (χ1v) is 10.4. The smallest absolute Gasteiger partial charge is 0.243 e. The first-order valence-electron chi connectivity index (χ1n) is 9.01. The van der Waals surface area contributed by atoms with Crippen molar-refractivity contribution in [2.75, 3.05) is 19.6 Å². The minimum Gasteiger partial charge on any atom is -0.467 e. The Kier molecular flexibility index (Phi) is 7.58. The number of benzene rings is 1. The van der Waals surface area contributed by atoms with Crippen LogP contribution in [0.4, 0.5) is 0 Å². The molecule has 0 aliphatic carbocycles. The van der Waals surface area contributed by atoms with Gasteiger partial charge in [0.15, 0.2) is 0 Å². The molecule has 8 heteroatoms. The van der Waals surface area contributed by atoms with E-state index in [0.717, 1.165) is 5.56 Å². The lowest BCUT2D eigenvalue weighted by molar-refractivity contribution is -0.120. The highest BCUT2D eigenvalue weighted by molar-refractivity contribution is 7.89. The Labute approximate surface area is 160 Å². The zero-order chi connectivity index (χ0) is 19.9. The zero-order valence-electron chi connectivity index (χ0n) is 15.9. The number of rotatable bonds is 10. The summed E-state index contributed by atoms with van der Waals surface area (Å²) in [5, 5.41) is 5.90. The fraction of sp³-hybridized carbons (Fsp3) is 0.421. The van der Waals surface area contributed by atoms with Gasteiger partial charge in [0.05, 0.1) is 24.2 Å². The lowest BCUT2D eigenvalue weighted by Crippen LogP contribution is -2.34. The zero-order valence-corrected chi connectivity index (χ0v) is 16.8. The summed E-state index contributed by atoms with van der Waals surface area (Å²) < 4.78 is 31.6. The van der Waals surface area contributed by atoms with Crippen molar-refractivity contribution in [2.24, 2.45) is 0 Å². The van der Waals surface area contributed by atoms with E-state index in [1.165, 1.54) is 4.31 Å². The van der Waals surface area contributed by atoms with Crippen LogP contribution in [-0.2, 0) is 21.4 Å². The molecular weight excluding hydrogens is 366 g/mol. The van der Waals surface area contributed by atoms with Gasteiger partial charge in [-0.05, 0) is 36.8 Å². The van der Waals surface area contributed by atoms with Crippen LogP contribution in [0.1, 0.15) is 38.1 Å². The van der Waals surface area contributed by atoms with Gasteiger partial charge in [-0.3, -0.25) is 4.79 Å². The maximum atomic E-state index is 12.5. The molecule has 0 aliphatic rings. The molecular formula is C19H27N3O4S. The molecule has 0 fully saturated rings. The molecule has 1 amide bonds. The molecule has 0 unspecified atom stereocenters. The molecule has 0 aliphatic heterocycles. The van der Waals surface area contributed by atoms with Gasteiger partial charge in [0.2, 0.25) is 15.9 Å². The second-order valence-electron chi connectivity index (χ2n) is 6.12. The van der Waals surface area contributed by atoms with Crippen molar-refractivity contribution in [3.63, 3.8) is 0 Å². The van der Waals surface area contributed by atoms with E-state index in [4.69, 9.17) is 4.42 Å². The number of hydrogen-bond donors (Lipinski definition) is 2. The molecule has 1 aromatic carbocycles. The Morgan fingerprint density at radius 2 is 1.81 bits per heavy atom. The number of furan rings is 1. The third-order valence-electron chi connectivity index (χ3n) is 4.33. The van der Waals surface area contributed by atoms with Gasteiger partial charge in [-0.15, -0.1) is 0 Å². The number of nitrogens with zero attached hydrogens (tertiary/aromatic N) is 1. The lowest BCUT2D eigenvalue weighted by atomic mass is 10.1. The van der Waals surface area contributed by atoms with Crippen LogP contribution < -0.4 is 10.6 Å². The molecule has 0 bridgehead atoms. The molecule has 7 nitrogen and oxygen atoms in total. The molecule has 0 spiro atoms. The minimum absolute atomic E-state index is 0.0930. The Morgan fingerprint density at radius 1 is 1.15 bits per heavy atom. The quantitative estimate of drug-likeness (QED) is 0.646. The monoisotopic (exact) mass is 393 g/mol. The van der Waals surface area contributed by atoms with Gasteiger partial charge in [-0.1, -0.05) is 26.0 Å². The molecule has 0 saturated carbocycles. The second kappa shape index (κ2) is 9.68. The lowest BCUT2D eigenvalue weighted by Gasteiger charge is -2.19. The largest absolute Gasteiger partial charge is 0.467 e. The van der Waals surface area contributed by atoms with Gasteiger partial charge < -0.3 is 15.1 Å². The van der Waals surface area contributed by atoms with E-state index in [-0.39, 0.29) is 23.4 Å². The maximum Gasteiger partial charge on any atom is 0.243 e. The van der Waals surface area contributed by atoms with Crippen LogP contribution in [0.3, 0.4) is 0 Å². The van der Waals surface area contributed by atoms with Crippen LogP contribution in [0, 0.1) is 0 Å². The Bertz CT molecular complexity index is 813. The van der Waals surface area contributed by atoms with Gasteiger partial charge >= 0.3 is 0 Å². The minimum atomic E-state index is -3.46. The van der Waals surface area contributed by atoms with Crippen molar-refractivity contribution in [2.45, 2.75) is 38.3 Å². The van der Waals surface area contributed by atoms with Crippen molar-refractivity contribution in [1.29, 1.82) is 0 Å². The fourth-order valence-electron chi connectivity index (χ4n) is 2.67. The molecule has 2 N–H and O–H groups in total. The van der Waals surface area contributed by atoms with E-state index in [9.17, 15) is 13.2 Å². The summed E-state index contributed by atoms with van der Waals surface area (Å²) in [4.78, 5) is 12.2. The first-order chi connectivity index (χ1) is 12.9. The summed E-state index contributed by atoms with van der Waals surface area (Å²) in [5.74, 6) is 0.556. The van der Waals surface area contributed by atoms with Gasteiger partial charge in [-0.25, -0.2) is 8.42 Å². The summed E-state index contributed by atoms with van der Waals surface area (Å²) in [6.45, 7) is 6.93. The van der Waals surface area contributed by atoms with Gasteiger partial charge in [0, 0.05) is 19.1 Å². The molecule has 0 saturated heterocycles. The standard InChI is InChI=1S/C19H27N3O4S/c1-4-22(5-2)27(24,25)18-10-8-16(9-11-18)15(3)20-14-19(23)21-13-17-7-6-12-26-17/h6-12,15,20H,4-5,13-14H2,1-3H3,(H,21,23)/t15-/m1/s1. The number of carbonyl (C=O) groups is 1. The highest BCUT2D eigenvalue weighted by Gasteiger charge is 2.21. The van der Waals surface area contributed by atoms with Crippen molar-refractivity contribution in [3.8, 4) is 0 Å². The summed E-state index contributed by atoms with van der Waals surface area (Å²) in [5.41, 5.74) is 0.910. The molecule has 2 rings (SSSR count). The van der Waals surface area contributed by atoms with Crippen molar-refractivity contribution in [1.82, 2.24) is 14.9 Å². The number of amides is 1. The summed E-state index contributed by atoms with van der Waals surface area (Å²) >= 11 is 0. The number of nitrogens with one attached hydrogen (secondary N) is 2. The molecule has 27 heavy (non-hydrogen) atoms. The maximum absolute atomic E-state index is 12.5. The molecule has 1 atom stereocenters. The first kappa shape index (κ1) is 21.1. The molecule has 148 valence electrons. The predicted octanol–water partition coefficient (Wildman–Crippen LogP) is 2.28. The van der Waals surface area contributed by atoms with E-state index in [2.05, 4.69) is 10.6 Å². The van der Waals surface area contributed by atoms with Crippen LogP contribution in [-0.4, -0.2) is 38.3 Å². The number of carbonyl (C=O) groups excluding carboxylic acids is 1. The fourth-order valence-corrected chi connectivity index (χ4v) is 4.12. The van der Waals surface area contributed by atoms with E-state index < -0.39 is 10.0 Å². The van der Waals surface area contributed by atoms with Crippen LogP contribution in [0.15, 0.2) is 52.0 Å². The normalized spacial score (nSPS) is 12.9. The van der Waals surface area contributed by atoms with Crippen LogP contribution in [0.25, 0.3) is 0 Å². The van der Waals surface area contributed by atoms with Crippen molar-refractivity contribution in [3.05, 3.63) is 54.0 Å². The summed E-state index contributed by atoms with van der Waals surface area (Å²) in [7, 11) is -3.46. The van der Waals surface area contributed by atoms with Gasteiger partial charge in [0.25, 0.3) is 0 Å². The molecule has 2 aromatic rings. The van der Waals surface area contributed by atoms with Crippen molar-refractivity contribution >= 4 is 15.9 Å². The van der Waals surface area contributed by atoms with E-state index in [0.29, 0.717) is 25.4 Å². The SMILES string of the molecule is CCN(CC)S(=O)(=O)c1ccc([C@@H](C)NCC(=O)NCc2ccco2)cc1. The summed E-state index contributed by atoms with van der Waals surface area (Å²) in [6.07, 6.45) is 1.56. The average molecular weight is 394 g/mol. The van der Waals surface area contributed by atoms with Gasteiger partial charge in [0.1, 0.15) is 5.76 Å². The number of hydrogen-bond acceptors (Lipinski definition) is 5. The van der Waals surface area contributed by atoms with E-state index in [1.807, 2.05) is 20.8 Å². The predicted molar refractivity (Wildman–Crippen MR) is 104 cm³/mol. The third-order valence-corrected chi connectivity index (χ3v) is 6.40. The van der Waals surface area contributed by atoms with Crippen LogP contribution in [0.5, 0.6) is 0 Å². The van der Waals surface area contributed by atoms with Crippen molar-refractivity contribution < 1.29 is 17.6 Å². The van der Waals surface area contributed by atoms with E-state index >= 15 is 0 Å².